The maximum absolute atomic E-state index is 10.3. The zero-order valence-corrected chi connectivity index (χ0v) is 5.57. The summed E-state index contributed by atoms with van der Waals surface area (Å²) >= 11 is 0. The predicted molar refractivity (Wildman–Crippen MR) is 33.4 cm³/mol. The van der Waals surface area contributed by atoms with E-state index < -0.39 is 9.80 Å². The predicted octanol–water partition coefficient (Wildman–Crippen LogP) is -0.235. The van der Waals surface area contributed by atoms with Gasteiger partial charge in [-0.25, -0.2) is 4.21 Å². The number of hydrogen-bond donors (Lipinski definition) is 1. The highest BCUT2D eigenvalue weighted by atomic mass is 32.2. The van der Waals surface area contributed by atoms with E-state index in [0.717, 1.165) is 11.6 Å². The first-order chi connectivity index (χ1) is 3.42. The van der Waals surface area contributed by atoms with Crippen molar-refractivity contribution in [3.8, 4) is 0 Å². The fourth-order valence-corrected chi connectivity index (χ4v) is 0.924. The molecule has 0 rings (SSSR count). The van der Waals surface area contributed by atoms with Crippen LogP contribution in [0.2, 0.25) is 0 Å². The molecule has 0 radical (unpaired) electrons. The molecular formula is C4H8O3S. The lowest BCUT2D eigenvalue weighted by atomic mass is 10.5. The Kier molecular flexibility index (Phi) is 2.18. The third-order valence-corrected chi connectivity index (χ3v) is 1.15. The van der Waals surface area contributed by atoms with Gasteiger partial charge in [0.2, 0.25) is 0 Å². The van der Waals surface area contributed by atoms with Crippen molar-refractivity contribution in [3.05, 3.63) is 0 Å². The molecule has 0 aliphatic heterocycles. The van der Waals surface area contributed by atoms with Gasteiger partial charge in [-0.15, -0.1) is 0 Å². The second-order valence-electron chi connectivity index (χ2n) is 1.59. The maximum Gasteiger partial charge on any atom is 0.162 e. The van der Waals surface area contributed by atoms with Gasteiger partial charge in [-0.3, -0.25) is 4.79 Å². The van der Waals surface area contributed by atoms with Crippen LogP contribution in [0.15, 0.2) is 0 Å². The highest BCUT2D eigenvalue weighted by molar-refractivity contribution is 7.96. The van der Waals surface area contributed by atoms with Gasteiger partial charge < -0.3 is 4.55 Å². The van der Waals surface area contributed by atoms with E-state index in [1.54, 1.807) is 0 Å². The van der Waals surface area contributed by atoms with Gasteiger partial charge in [0.1, 0.15) is 0 Å². The minimum Gasteiger partial charge on any atom is -0.313 e. The van der Waals surface area contributed by atoms with E-state index in [0.29, 0.717) is 0 Å². The number of carbonyl (C=O) groups excluding carboxylic acids is 1. The lowest BCUT2D eigenvalue weighted by Crippen LogP contribution is -2.04. The average Bonchev–Trinajstić information content (AvgIpc) is 1.21. The minimum atomic E-state index is -2.95. The molecule has 0 aromatic heterocycles. The molecule has 0 bridgehead atoms. The Bertz CT molecular complexity index is 189. The van der Waals surface area contributed by atoms with Gasteiger partial charge in [0.05, 0.1) is 15.2 Å². The Balaban J connectivity index is 4.44. The Hall–Kier alpha value is -0.350. The summed E-state index contributed by atoms with van der Waals surface area (Å²) in [5.74, 6) is -0.375. The number of carbonyl (C=O) groups is 1. The Morgan fingerprint density at radius 3 is 2.12 bits per heavy atom. The molecule has 48 valence electrons. The van der Waals surface area contributed by atoms with Gasteiger partial charge in [-0.05, 0) is 6.92 Å². The van der Waals surface area contributed by atoms with E-state index in [4.69, 9.17) is 4.55 Å². The first-order valence-electron chi connectivity index (χ1n) is 1.99. The van der Waals surface area contributed by atoms with Crippen LogP contribution < -0.4 is 0 Å². The van der Waals surface area contributed by atoms with Gasteiger partial charge in [0, 0.05) is 6.26 Å². The number of Topliss-reactive ketones (excluding diaryl/α,β-unsaturated/α-hetero) is 1. The Morgan fingerprint density at radius 1 is 1.75 bits per heavy atom. The standard InChI is InChI=1S/C4H8O3S/c1-4(5)3-8(2,6)7/h3H,1-2H3,(H,6,7). The van der Waals surface area contributed by atoms with Crippen LogP contribution in [0.1, 0.15) is 6.92 Å². The van der Waals surface area contributed by atoms with E-state index in [9.17, 15) is 9.00 Å². The minimum absolute atomic E-state index is 0.375. The number of hydrogen-bond acceptors (Lipinski definition) is 2. The molecule has 0 spiro atoms. The molecule has 0 aromatic rings. The number of ketones is 1. The molecule has 1 atom stereocenters. The van der Waals surface area contributed by atoms with Crippen molar-refractivity contribution in [2.75, 3.05) is 6.26 Å². The van der Waals surface area contributed by atoms with Gasteiger partial charge in [0.25, 0.3) is 0 Å². The molecule has 1 N–H and O–H groups in total. The van der Waals surface area contributed by atoms with E-state index in [2.05, 4.69) is 0 Å². The molecule has 3 nitrogen and oxygen atoms in total. The van der Waals surface area contributed by atoms with Crippen molar-refractivity contribution in [1.29, 1.82) is 0 Å². The molecule has 8 heavy (non-hydrogen) atoms. The molecule has 1 unspecified atom stereocenters. The first kappa shape index (κ1) is 7.65. The lowest BCUT2D eigenvalue weighted by Gasteiger charge is -1.86. The van der Waals surface area contributed by atoms with Gasteiger partial charge >= 0.3 is 0 Å². The molecule has 0 aliphatic carbocycles. The first-order valence-corrected chi connectivity index (χ1v) is 3.97. The lowest BCUT2D eigenvalue weighted by molar-refractivity contribution is -0.110. The van der Waals surface area contributed by atoms with Crippen LogP contribution in [0.4, 0.5) is 0 Å². The average molecular weight is 136 g/mol. The fourth-order valence-electron chi connectivity index (χ4n) is 0.308. The van der Waals surface area contributed by atoms with Crippen LogP contribution in [0, 0.1) is 0 Å². The van der Waals surface area contributed by atoms with Crippen LogP contribution in [0.3, 0.4) is 0 Å². The van der Waals surface area contributed by atoms with Gasteiger partial charge in [0.15, 0.2) is 5.78 Å². The van der Waals surface area contributed by atoms with Crippen molar-refractivity contribution in [2.45, 2.75) is 6.92 Å². The van der Waals surface area contributed by atoms with Gasteiger partial charge in [-0.2, -0.15) is 0 Å². The maximum atomic E-state index is 10.3. The summed E-state index contributed by atoms with van der Waals surface area (Å²) in [5.41, 5.74) is 0. The molecular weight excluding hydrogens is 128 g/mol. The molecule has 0 saturated heterocycles. The second kappa shape index (κ2) is 2.28. The summed E-state index contributed by atoms with van der Waals surface area (Å²) in [4.78, 5) is 10.1. The quantitative estimate of drug-likeness (QED) is 0.506. The normalized spacial score (nSPS) is 16.9. The van der Waals surface area contributed by atoms with Crippen LogP contribution >= 0.6 is 0 Å². The summed E-state index contributed by atoms with van der Waals surface area (Å²) in [6, 6.07) is 0. The van der Waals surface area contributed by atoms with Crippen molar-refractivity contribution in [2.24, 2.45) is 0 Å². The van der Waals surface area contributed by atoms with E-state index in [1.807, 2.05) is 0 Å². The topological polar surface area (TPSA) is 54.4 Å². The van der Waals surface area contributed by atoms with Crippen molar-refractivity contribution in [1.82, 2.24) is 0 Å². The summed E-state index contributed by atoms with van der Waals surface area (Å²) in [6.07, 6.45) is 1.09. The molecule has 0 fully saturated rings. The van der Waals surface area contributed by atoms with E-state index >= 15 is 0 Å². The molecule has 0 amide bonds. The summed E-state index contributed by atoms with van der Waals surface area (Å²) in [7, 11) is -2.95. The van der Waals surface area contributed by atoms with Crippen LogP contribution in [-0.4, -0.2) is 26.2 Å². The van der Waals surface area contributed by atoms with Crippen LogP contribution in [-0.2, 0) is 14.6 Å². The molecule has 0 aromatic carbocycles. The van der Waals surface area contributed by atoms with E-state index in [1.165, 1.54) is 6.92 Å². The largest absolute Gasteiger partial charge is 0.313 e. The summed E-state index contributed by atoms with van der Waals surface area (Å²) < 4.78 is 18.7. The SMILES string of the molecule is CC(=O)C=S(C)(=O)O. The molecule has 0 saturated carbocycles. The van der Waals surface area contributed by atoms with Crippen LogP contribution in [0.25, 0.3) is 0 Å². The highest BCUT2D eigenvalue weighted by Crippen LogP contribution is 1.72. The number of rotatable bonds is 1. The second-order valence-corrected chi connectivity index (χ2v) is 3.55. The van der Waals surface area contributed by atoms with Crippen molar-refractivity contribution in [3.63, 3.8) is 0 Å². The zero-order valence-electron chi connectivity index (χ0n) is 4.75. The van der Waals surface area contributed by atoms with Crippen molar-refractivity contribution >= 4 is 21.0 Å². The summed E-state index contributed by atoms with van der Waals surface area (Å²) in [6.45, 7) is 1.24. The van der Waals surface area contributed by atoms with Crippen molar-refractivity contribution < 1.29 is 13.6 Å². The van der Waals surface area contributed by atoms with Crippen LogP contribution in [0.5, 0.6) is 0 Å². The zero-order chi connectivity index (χ0) is 6.78. The molecule has 4 heteroatoms. The molecule has 0 aliphatic rings. The highest BCUT2D eigenvalue weighted by Gasteiger charge is 1.91. The smallest absolute Gasteiger partial charge is 0.162 e. The fraction of sp³-hybridized carbons (Fsp3) is 0.500. The third-order valence-electron chi connectivity index (χ3n) is 0.385. The molecule has 0 heterocycles. The van der Waals surface area contributed by atoms with Gasteiger partial charge in [-0.1, -0.05) is 0 Å². The third kappa shape index (κ3) is 5.65. The summed E-state index contributed by atoms with van der Waals surface area (Å²) in [5, 5.41) is 0.799. The monoisotopic (exact) mass is 136 g/mol. The van der Waals surface area contributed by atoms with E-state index in [-0.39, 0.29) is 5.78 Å². The Morgan fingerprint density at radius 2 is 2.12 bits per heavy atom. The Labute approximate surface area is 48.5 Å².